The molecule has 7 heteroatoms. The van der Waals surface area contributed by atoms with E-state index < -0.39 is 4.92 Å². The summed E-state index contributed by atoms with van der Waals surface area (Å²) in [4.78, 5) is 38.8. The van der Waals surface area contributed by atoms with Crippen LogP contribution in [0.3, 0.4) is 0 Å². The van der Waals surface area contributed by atoms with Crippen molar-refractivity contribution in [3.63, 3.8) is 0 Å². The van der Waals surface area contributed by atoms with E-state index in [9.17, 15) is 19.7 Å². The highest BCUT2D eigenvalue weighted by Gasteiger charge is 2.44. The van der Waals surface area contributed by atoms with Crippen molar-refractivity contribution in [2.75, 3.05) is 4.90 Å². The van der Waals surface area contributed by atoms with E-state index >= 15 is 0 Å². The molecule has 0 aromatic heterocycles. The standard InChI is InChI=1S/C24H23ClN2O4/c1-14-5-4-6-15(9-14)17-11-22(29)26(19-8-7-16(27(30)31)10-18(19)25)20-12-24(2,3)13-21(28)23(17)20/h4-10,17H,11-13H2,1-3H3. The zero-order valence-corrected chi connectivity index (χ0v) is 18.4. The maximum absolute atomic E-state index is 13.4. The Hall–Kier alpha value is -2.99. The number of rotatable bonds is 3. The summed E-state index contributed by atoms with van der Waals surface area (Å²) in [6, 6.07) is 12.0. The number of anilines is 1. The van der Waals surface area contributed by atoms with Gasteiger partial charge in [0.1, 0.15) is 0 Å². The molecule has 1 atom stereocenters. The molecule has 1 aliphatic heterocycles. The number of ketones is 1. The number of nitro groups is 1. The highest BCUT2D eigenvalue weighted by atomic mass is 35.5. The largest absolute Gasteiger partial charge is 0.294 e. The van der Waals surface area contributed by atoms with Crippen LogP contribution in [0, 0.1) is 22.5 Å². The summed E-state index contributed by atoms with van der Waals surface area (Å²) in [7, 11) is 0. The number of hydrogen-bond donors (Lipinski definition) is 0. The van der Waals surface area contributed by atoms with Crippen LogP contribution in [0.4, 0.5) is 11.4 Å². The number of amides is 1. The third-order valence-corrected chi connectivity index (χ3v) is 6.27. The van der Waals surface area contributed by atoms with E-state index in [1.807, 2.05) is 45.0 Å². The van der Waals surface area contributed by atoms with Crippen LogP contribution in [0.2, 0.25) is 5.02 Å². The van der Waals surface area contributed by atoms with Gasteiger partial charge in [-0.25, -0.2) is 0 Å². The van der Waals surface area contributed by atoms with E-state index in [0.29, 0.717) is 29.8 Å². The summed E-state index contributed by atoms with van der Waals surface area (Å²) in [6.45, 7) is 5.99. The second-order valence-corrected chi connectivity index (χ2v) is 9.50. The summed E-state index contributed by atoms with van der Waals surface area (Å²) in [5.41, 5.74) is 3.23. The fourth-order valence-electron chi connectivity index (χ4n) is 4.66. The Morgan fingerprint density at radius 2 is 1.87 bits per heavy atom. The zero-order chi connectivity index (χ0) is 22.5. The number of Topliss-reactive ketones (excluding diaryl/α,β-unsaturated/α-hetero) is 1. The molecule has 2 aliphatic rings. The number of allylic oxidation sites excluding steroid dienone is 2. The molecule has 4 rings (SSSR count). The topological polar surface area (TPSA) is 80.5 Å². The minimum atomic E-state index is -0.528. The van der Waals surface area contributed by atoms with Crippen molar-refractivity contribution in [1.82, 2.24) is 0 Å². The van der Waals surface area contributed by atoms with Gasteiger partial charge in [-0.2, -0.15) is 0 Å². The molecule has 0 spiro atoms. The van der Waals surface area contributed by atoms with Crippen LogP contribution in [0.15, 0.2) is 53.7 Å². The molecule has 1 aliphatic carbocycles. The smallest absolute Gasteiger partial charge is 0.271 e. The molecule has 0 radical (unpaired) electrons. The maximum Gasteiger partial charge on any atom is 0.271 e. The van der Waals surface area contributed by atoms with Crippen LogP contribution in [-0.4, -0.2) is 16.6 Å². The van der Waals surface area contributed by atoms with Gasteiger partial charge in [0.15, 0.2) is 5.78 Å². The first kappa shape index (κ1) is 21.2. The first-order valence-electron chi connectivity index (χ1n) is 10.2. The number of nitro benzene ring substituents is 1. The molecule has 2 aromatic rings. The fourth-order valence-corrected chi connectivity index (χ4v) is 4.92. The average molecular weight is 439 g/mol. The summed E-state index contributed by atoms with van der Waals surface area (Å²) >= 11 is 6.38. The normalized spacial score (nSPS) is 20.6. The van der Waals surface area contributed by atoms with Crippen molar-refractivity contribution >= 4 is 34.7 Å². The van der Waals surface area contributed by atoms with Crippen molar-refractivity contribution in [2.24, 2.45) is 5.41 Å². The number of aryl methyl sites for hydroxylation is 1. The van der Waals surface area contributed by atoms with Gasteiger partial charge >= 0.3 is 0 Å². The SMILES string of the molecule is Cc1cccc(C2CC(=O)N(c3ccc([N+](=O)[O-])cc3Cl)C3=C2C(=O)CC(C)(C)C3)c1. The van der Waals surface area contributed by atoms with Gasteiger partial charge in [0.25, 0.3) is 5.69 Å². The summed E-state index contributed by atoms with van der Waals surface area (Å²) in [5.74, 6) is -0.445. The van der Waals surface area contributed by atoms with E-state index in [1.54, 1.807) is 0 Å². The van der Waals surface area contributed by atoms with Crippen LogP contribution in [-0.2, 0) is 9.59 Å². The summed E-state index contributed by atoms with van der Waals surface area (Å²) in [5, 5.41) is 11.2. The van der Waals surface area contributed by atoms with Gasteiger partial charge < -0.3 is 0 Å². The Morgan fingerprint density at radius 1 is 1.13 bits per heavy atom. The Labute approximate surface area is 185 Å². The molecule has 160 valence electrons. The minimum absolute atomic E-state index is 0.0355. The number of non-ortho nitro benzene ring substituents is 1. The molecule has 6 nitrogen and oxygen atoms in total. The molecule has 0 saturated carbocycles. The molecule has 1 amide bonds. The number of carbonyl (C=O) groups excluding carboxylic acids is 2. The lowest BCUT2D eigenvalue weighted by Gasteiger charge is -2.43. The second-order valence-electron chi connectivity index (χ2n) is 9.09. The zero-order valence-electron chi connectivity index (χ0n) is 17.6. The quantitative estimate of drug-likeness (QED) is 0.453. The van der Waals surface area contributed by atoms with Gasteiger partial charge in [0, 0.05) is 42.2 Å². The van der Waals surface area contributed by atoms with Crippen molar-refractivity contribution in [2.45, 2.75) is 46.0 Å². The van der Waals surface area contributed by atoms with Gasteiger partial charge in [0.05, 0.1) is 15.6 Å². The molecule has 2 aromatic carbocycles. The van der Waals surface area contributed by atoms with Crippen molar-refractivity contribution < 1.29 is 14.5 Å². The first-order valence-corrected chi connectivity index (χ1v) is 10.5. The van der Waals surface area contributed by atoms with Gasteiger partial charge in [-0.15, -0.1) is 0 Å². The number of hydrogen-bond acceptors (Lipinski definition) is 4. The van der Waals surface area contributed by atoms with Crippen LogP contribution in [0.5, 0.6) is 0 Å². The number of halogens is 1. The Kier molecular flexibility index (Phi) is 5.21. The predicted octanol–water partition coefficient (Wildman–Crippen LogP) is 5.72. The molecule has 1 unspecified atom stereocenters. The van der Waals surface area contributed by atoms with E-state index in [-0.39, 0.29) is 40.2 Å². The van der Waals surface area contributed by atoms with E-state index in [4.69, 9.17) is 11.6 Å². The molecular weight excluding hydrogens is 416 g/mol. The Morgan fingerprint density at radius 3 is 2.52 bits per heavy atom. The van der Waals surface area contributed by atoms with E-state index in [1.165, 1.54) is 23.1 Å². The molecular formula is C24H23ClN2O4. The van der Waals surface area contributed by atoms with Crippen LogP contribution >= 0.6 is 11.6 Å². The second kappa shape index (κ2) is 7.61. The van der Waals surface area contributed by atoms with Crippen LogP contribution in [0.25, 0.3) is 0 Å². The van der Waals surface area contributed by atoms with Crippen molar-refractivity contribution in [3.05, 3.63) is 80.0 Å². The van der Waals surface area contributed by atoms with Gasteiger partial charge in [-0.3, -0.25) is 24.6 Å². The Bertz CT molecular complexity index is 1150. The number of nitrogens with zero attached hydrogens (tertiary/aromatic N) is 2. The van der Waals surface area contributed by atoms with E-state index in [2.05, 4.69) is 0 Å². The molecule has 0 fully saturated rings. The predicted molar refractivity (Wildman–Crippen MR) is 119 cm³/mol. The third kappa shape index (κ3) is 3.88. The van der Waals surface area contributed by atoms with Crippen molar-refractivity contribution in [3.8, 4) is 0 Å². The van der Waals surface area contributed by atoms with E-state index in [0.717, 1.165) is 11.1 Å². The molecule has 1 heterocycles. The lowest BCUT2D eigenvalue weighted by atomic mass is 9.69. The molecule has 0 N–H and O–H groups in total. The van der Waals surface area contributed by atoms with Gasteiger partial charge in [-0.05, 0) is 30.4 Å². The maximum atomic E-state index is 13.4. The molecule has 0 saturated heterocycles. The molecule has 0 bridgehead atoms. The number of carbonyl (C=O) groups is 2. The third-order valence-electron chi connectivity index (χ3n) is 5.97. The summed E-state index contributed by atoms with van der Waals surface area (Å²) in [6.07, 6.45) is 1.08. The highest BCUT2D eigenvalue weighted by Crippen LogP contribution is 2.49. The highest BCUT2D eigenvalue weighted by molar-refractivity contribution is 6.34. The van der Waals surface area contributed by atoms with Crippen molar-refractivity contribution in [1.29, 1.82) is 0 Å². The monoisotopic (exact) mass is 438 g/mol. The lowest BCUT2D eigenvalue weighted by molar-refractivity contribution is -0.384. The molecule has 31 heavy (non-hydrogen) atoms. The Balaban J connectivity index is 1.90. The van der Waals surface area contributed by atoms with Gasteiger partial charge in [0.2, 0.25) is 5.91 Å². The summed E-state index contributed by atoms with van der Waals surface area (Å²) < 4.78 is 0. The van der Waals surface area contributed by atoms with Crippen LogP contribution < -0.4 is 4.90 Å². The van der Waals surface area contributed by atoms with Gasteiger partial charge in [-0.1, -0.05) is 55.3 Å². The number of benzene rings is 2. The average Bonchev–Trinajstić information content (AvgIpc) is 2.67. The fraction of sp³-hybridized carbons (Fsp3) is 0.333. The van der Waals surface area contributed by atoms with Crippen LogP contribution in [0.1, 0.15) is 50.2 Å². The minimum Gasteiger partial charge on any atom is -0.294 e. The first-order chi connectivity index (χ1) is 14.6. The lowest BCUT2D eigenvalue weighted by Crippen LogP contribution is -2.43.